The summed E-state index contributed by atoms with van der Waals surface area (Å²) in [6, 6.07) is 14.6. The molecule has 0 radical (unpaired) electrons. The summed E-state index contributed by atoms with van der Waals surface area (Å²) in [5.74, 6) is -0.0557. The van der Waals surface area contributed by atoms with Crippen molar-refractivity contribution in [2.45, 2.75) is 24.9 Å². The molecule has 0 N–H and O–H groups in total. The lowest BCUT2D eigenvalue weighted by molar-refractivity contribution is -0.158. The van der Waals surface area contributed by atoms with E-state index in [0.717, 1.165) is 20.1 Å². The summed E-state index contributed by atoms with van der Waals surface area (Å²) in [6.45, 7) is 0. The molecule has 26 heavy (non-hydrogen) atoms. The number of halogens is 2. The third kappa shape index (κ3) is 3.71. The number of carbonyl (C=O) groups is 2. The first-order chi connectivity index (χ1) is 12.4. The Kier molecular flexibility index (Phi) is 5.82. The molecule has 0 saturated carbocycles. The number of piperazine rings is 1. The van der Waals surface area contributed by atoms with Gasteiger partial charge in [-0.15, -0.1) is 0 Å². The Morgan fingerprint density at radius 2 is 1.08 bits per heavy atom. The fraction of sp³-hybridized carbons (Fsp3) is 0.300. The number of rotatable bonds is 4. The number of likely N-dealkylation sites (N-methyl/N-ethyl adjacent to an activating group) is 2. The van der Waals surface area contributed by atoms with E-state index in [1.807, 2.05) is 48.5 Å². The van der Waals surface area contributed by atoms with E-state index >= 15 is 0 Å². The topological polar surface area (TPSA) is 40.6 Å². The summed E-state index contributed by atoms with van der Waals surface area (Å²) in [4.78, 5) is 29.2. The molecule has 1 heterocycles. The molecule has 1 saturated heterocycles. The fourth-order valence-corrected chi connectivity index (χ4v) is 4.19. The minimum Gasteiger partial charge on any atom is -0.332 e. The van der Waals surface area contributed by atoms with Crippen molar-refractivity contribution in [2.75, 3.05) is 14.1 Å². The maximum absolute atomic E-state index is 13.0. The molecule has 136 valence electrons. The summed E-state index contributed by atoms with van der Waals surface area (Å²) in [7, 11) is 3.45. The van der Waals surface area contributed by atoms with Gasteiger partial charge in [0, 0.05) is 35.9 Å². The molecule has 6 heteroatoms. The molecule has 2 aromatic carbocycles. The molecule has 0 unspecified atom stereocenters. The van der Waals surface area contributed by atoms with Crippen molar-refractivity contribution in [3.05, 3.63) is 68.6 Å². The van der Waals surface area contributed by atoms with Crippen molar-refractivity contribution in [1.29, 1.82) is 0 Å². The average Bonchev–Trinajstić information content (AvgIpc) is 2.63. The van der Waals surface area contributed by atoms with Crippen molar-refractivity contribution >= 4 is 43.7 Å². The van der Waals surface area contributed by atoms with Gasteiger partial charge in [0.2, 0.25) is 11.8 Å². The summed E-state index contributed by atoms with van der Waals surface area (Å²) in [5, 5.41) is 0. The van der Waals surface area contributed by atoms with E-state index in [4.69, 9.17) is 0 Å². The van der Waals surface area contributed by atoms with Crippen molar-refractivity contribution in [3.8, 4) is 0 Å². The van der Waals surface area contributed by atoms with Gasteiger partial charge in [0.1, 0.15) is 12.1 Å². The van der Waals surface area contributed by atoms with Gasteiger partial charge in [-0.05, 0) is 23.3 Å². The zero-order valence-corrected chi connectivity index (χ0v) is 17.8. The van der Waals surface area contributed by atoms with Crippen LogP contribution in [0.3, 0.4) is 0 Å². The first-order valence-electron chi connectivity index (χ1n) is 8.40. The predicted molar refractivity (Wildman–Crippen MR) is 109 cm³/mol. The largest absolute Gasteiger partial charge is 0.332 e. The molecule has 0 aliphatic carbocycles. The Labute approximate surface area is 170 Å². The van der Waals surface area contributed by atoms with Crippen LogP contribution in [0.1, 0.15) is 11.1 Å². The van der Waals surface area contributed by atoms with Crippen LogP contribution in [0.15, 0.2) is 57.5 Å². The maximum atomic E-state index is 13.0. The lowest BCUT2D eigenvalue weighted by Crippen LogP contribution is -2.63. The molecule has 0 bridgehead atoms. The quantitative estimate of drug-likeness (QED) is 0.671. The minimum atomic E-state index is -0.485. The Balaban J connectivity index is 1.82. The van der Waals surface area contributed by atoms with Crippen molar-refractivity contribution < 1.29 is 9.59 Å². The van der Waals surface area contributed by atoms with Gasteiger partial charge < -0.3 is 9.80 Å². The van der Waals surface area contributed by atoms with Crippen molar-refractivity contribution in [3.63, 3.8) is 0 Å². The smallest absolute Gasteiger partial charge is 0.246 e. The molecular weight excluding hydrogens is 460 g/mol. The van der Waals surface area contributed by atoms with Crippen LogP contribution in [0, 0.1) is 0 Å². The standard InChI is InChI=1S/C20H20Br2N2O2/c1-23-17(11-13-7-3-5-9-15(13)21)20(26)24(2)18(19(23)25)12-14-8-4-6-10-16(14)22/h3-10,17-18H,11-12H2,1-2H3/t17-,18-/m0/s1. The SMILES string of the molecule is CN1C(=O)[C@H](Cc2ccccc2Br)N(C)C(=O)[C@@H]1Cc1ccccc1Br. The zero-order valence-electron chi connectivity index (χ0n) is 14.7. The monoisotopic (exact) mass is 478 g/mol. The second-order valence-electron chi connectivity index (χ2n) is 6.52. The number of hydrogen-bond acceptors (Lipinski definition) is 2. The van der Waals surface area contributed by atoms with Crippen LogP contribution in [0.25, 0.3) is 0 Å². The summed E-state index contributed by atoms with van der Waals surface area (Å²) >= 11 is 7.05. The number of hydrogen-bond donors (Lipinski definition) is 0. The van der Waals surface area contributed by atoms with Gasteiger partial charge in [-0.25, -0.2) is 0 Å². The van der Waals surface area contributed by atoms with Crippen molar-refractivity contribution in [1.82, 2.24) is 9.80 Å². The molecular formula is C20H20Br2N2O2. The molecule has 1 fully saturated rings. The molecule has 2 aromatic rings. The predicted octanol–water partition coefficient (Wildman–Crippen LogP) is 3.66. The molecule has 1 aliphatic rings. The highest BCUT2D eigenvalue weighted by Crippen LogP contribution is 2.26. The van der Waals surface area contributed by atoms with Gasteiger partial charge in [0.15, 0.2) is 0 Å². The van der Waals surface area contributed by atoms with Crippen LogP contribution in [-0.2, 0) is 22.4 Å². The van der Waals surface area contributed by atoms with E-state index < -0.39 is 12.1 Å². The van der Waals surface area contributed by atoms with Crippen LogP contribution in [0.2, 0.25) is 0 Å². The van der Waals surface area contributed by atoms with Gasteiger partial charge in [-0.2, -0.15) is 0 Å². The second kappa shape index (κ2) is 7.92. The summed E-state index contributed by atoms with van der Waals surface area (Å²) in [5.41, 5.74) is 2.03. The van der Waals surface area contributed by atoms with Crippen LogP contribution in [0.4, 0.5) is 0 Å². The molecule has 2 atom stereocenters. The highest BCUT2D eigenvalue weighted by molar-refractivity contribution is 9.10. The van der Waals surface area contributed by atoms with E-state index in [-0.39, 0.29) is 11.8 Å². The Bertz CT molecular complexity index is 771. The fourth-order valence-electron chi connectivity index (χ4n) is 3.30. The number of benzene rings is 2. The Morgan fingerprint density at radius 3 is 1.42 bits per heavy atom. The van der Waals surface area contributed by atoms with Gasteiger partial charge in [-0.1, -0.05) is 68.3 Å². The van der Waals surface area contributed by atoms with E-state index in [1.165, 1.54) is 0 Å². The van der Waals surface area contributed by atoms with E-state index in [0.29, 0.717) is 12.8 Å². The maximum Gasteiger partial charge on any atom is 0.246 e. The zero-order chi connectivity index (χ0) is 18.8. The van der Waals surface area contributed by atoms with E-state index in [9.17, 15) is 9.59 Å². The minimum absolute atomic E-state index is 0.0279. The second-order valence-corrected chi connectivity index (χ2v) is 8.23. The van der Waals surface area contributed by atoms with Gasteiger partial charge in [-0.3, -0.25) is 9.59 Å². The lowest BCUT2D eigenvalue weighted by Gasteiger charge is -2.42. The normalized spacial score (nSPS) is 20.6. The number of nitrogens with zero attached hydrogens (tertiary/aromatic N) is 2. The first-order valence-corrected chi connectivity index (χ1v) is 9.99. The Morgan fingerprint density at radius 1 is 0.731 bits per heavy atom. The first kappa shape index (κ1) is 19.1. The third-order valence-electron chi connectivity index (χ3n) is 4.94. The van der Waals surface area contributed by atoms with Crippen LogP contribution >= 0.6 is 31.9 Å². The van der Waals surface area contributed by atoms with Crippen LogP contribution < -0.4 is 0 Å². The van der Waals surface area contributed by atoms with Gasteiger partial charge in [0.05, 0.1) is 0 Å². The molecule has 1 aliphatic heterocycles. The number of amides is 2. The highest BCUT2D eigenvalue weighted by atomic mass is 79.9. The molecule has 4 nitrogen and oxygen atoms in total. The highest BCUT2D eigenvalue weighted by Gasteiger charge is 2.42. The number of carbonyl (C=O) groups excluding carboxylic acids is 2. The van der Waals surface area contributed by atoms with Gasteiger partial charge >= 0.3 is 0 Å². The average molecular weight is 480 g/mol. The molecule has 0 aromatic heterocycles. The van der Waals surface area contributed by atoms with Crippen molar-refractivity contribution in [2.24, 2.45) is 0 Å². The molecule has 2 amide bonds. The summed E-state index contributed by atoms with van der Waals surface area (Å²) in [6.07, 6.45) is 0.989. The summed E-state index contributed by atoms with van der Waals surface area (Å²) < 4.78 is 1.90. The Hall–Kier alpha value is -1.66. The molecule has 0 spiro atoms. The van der Waals surface area contributed by atoms with Crippen LogP contribution in [0.5, 0.6) is 0 Å². The lowest BCUT2D eigenvalue weighted by atomic mass is 9.95. The van der Waals surface area contributed by atoms with E-state index in [2.05, 4.69) is 31.9 Å². The third-order valence-corrected chi connectivity index (χ3v) is 6.49. The van der Waals surface area contributed by atoms with Gasteiger partial charge in [0.25, 0.3) is 0 Å². The van der Waals surface area contributed by atoms with E-state index in [1.54, 1.807) is 23.9 Å². The molecule has 3 rings (SSSR count). The van der Waals surface area contributed by atoms with Crippen LogP contribution in [-0.4, -0.2) is 47.8 Å².